The van der Waals surface area contributed by atoms with Crippen LogP contribution in [0.5, 0.6) is 0 Å². The Morgan fingerprint density at radius 1 is 0.747 bits per heavy atom. The summed E-state index contributed by atoms with van der Waals surface area (Å²) in [4.78, 5) is 49.4. The van der Waals surface area contributed by atoms with Gasteiger partial charge in [-0.15, -0.1) is 0 Å². The van der Waals surface area contributed by atoms with Crippen LogP contribution in [-0.4, -0.2) is 128 Å². The molecule has 4 N–H and O–H groups in total. The molecule has 1 aliphatic heterocycles. The number of carbonyl (C=O) groups is 2. The van der Waals surface area contributed by atoms with Crippen molar-refractivity contribution in [3.63, 3.8) is 0 Å². The van der Waals surface area contributed by atoms with Crippen LogP contribution in [0.15, 0.2) is 97.8 Å². The summed E-state index contributed by atoms with van der Waals surface area (Å²) in [5, 5.41) is 2.78. The van der Waals surface area contributed by atoms with Gasteiger partial charge in [-0.25, -0.2) is 33.5 Å². The normalized spacial score (nSPS) is 13.1. The van der Waals surface area contributed by atoms with E-state index in [0.29, 0.717) is 23.4 Å². The molecule has 1 saturated heterocycles. The molecule has 16 nitrogen and oxygen atoms in total. The van der Waals surface area contributed by atoms with Crippen molar-refractivity contribution in [2.75, 3.05) is 56.7 Å². The second-order valence-electron chi connectivity index (χ2n) is 18.3. The number of aromatic amines is 1. The Bertz CT molecular complexity index is 2960. The molecule has 1 amide bonds. The lowest BCUT2D eigenvalue weighted by Crippen LogP contribution is -2.44. The van der Waals surface area contributed by atoms with Crippen LogP contribution in [0.1, 0.15) is 35.3 Å². The number of alkyl halides is 6. The molecule has 0 spiro atoms. The standard InChI is InChI=1S/C26H25F4N7O.C23H28F4N4O3Si.CH4.H2O/c1-35-10-12-36(13-11-35)20-8-6-19(7-9-20)33-25(38)21-14-31-24(34-21)23-22(17-2-4-18(27)5-3-17)32-16-37(23)15-26(28,29)30;1-5-34-22(32)18-12-30(15-33-10-11-35(2,3)4)21(29-18)20-19(16-6-8-17(24)9-7-16)28-14-31(20)13-23(25,26)27;;/h2-9,14,16H,10-13,15H2,1H3,(H,31,34)(H,33,38);6-9,12,14H,5,10-11,13,15H2,1-4H3;1H4;1H2. The number of ether oxygens (including phenoxy) is 2. The third kappa shape index (κ3) is 15.9. The number of imidazole rings is 4. The Morgan fingerprint density at radius 3 is 1.80 bits per heavy atom. The zero-order chi connectivity index (χ0) is 52.7. The first-order chi connectivity index (χ1) is 34.5. The lowest BCUT2D eigenvalue weighted by atomic mass is 10.1. The van der Waals surface area contributed by atoms with Crippen molar-refractivity contribution in [2.24, 2.45) is 0 Å². The summed E-state index contributed by atoms with van der Waals surface area (Å²) >= 11 is 0. The molecule has 25 heteroatoms. The van der Waals surface area contributed by atoms with E-state index in [9.17, 15) is 44.7 Å². The summed E-state index contributed by atoms with van der Waals surface area (Å²) < 4.78 is 121. The Labute approximate surface area is 428 Å². The van der Waals surface area contributed by atoms with E-state index in [1.165, 1.54) is 65.5 Å². The van der Waals surface area contributed by atoms with E-state index in [1.807, 2.05) is 12.1 Å². The number of benzene rings is 3. The van der Waals surface area contributed by atoms with Gasteiger partial charge >= 0.3 is 18.3 Å². The van der Waals surface area contributed by atoms with E-state index >= 15 is 0 Å². The predicted octanol–water partition coefficient (Wildman–Crippen LogP) is 10.1. The Kier molecular flexibility index (Phi) is 19.5. The van der Waals surface area contributed by atoms with Gasteiger partial charge in [-0.05, 0) is 92.8 Å². The molecule has 3 aromatic carbocycles. The number of halogens is 8. The highest BCUT2D eigenvalue weighted by molar-refractivity contribution is 6.76. The summed E-state index contributed by atoms with van der Waals surface area (Å²) in [5.74, 6) is -2.10. The number of hydrogen-bond acceptors (Lipinski definition) is 10. The number of anilines is 2. The molecule has 7 aromatic rings. The molecule has 4 aromatic heterocycles. The Hall–Kier alpha value is -7.22. The fourth-order valence-electron chi connectivity index (χ4n) is 7.63. The lowest BCUT2D eigenvalue weighted by Gasteiger charge is -2.34. The minimum atomic E-state index is -4.54. The van der Waals surface area contributed by atoms with Crippen molar-refractivity contribution in [2.45, 2.75) is 72.2 Å². The number of aromatic nitrogens is 8. The van der Waals surface area contributed by atoms with Gasteiger partial charge in [-0.3, -0.25) is 4.79 Å². The van der Waals surface area contributed by atoms with Gasteiger partial charge in [-0.1, -0.05) is 27.1 Å². The summed E-state index contributed by atoms with van der Waals surface area (Å²) in [7, 11) is 0.715. The minimum absolute atomic E-state index is 0. The fourth-order valence-corrected chi connectivity index (χ4v) is 8.39. The van der Waals surface area contributed by atoms with E-state index in [4.69, 9.17) is 9.47 Å². The number of nitrogens with zero attached hydrogens (tertiary/aromatic N) is 9. The van der Waals surface area contributed by atoms with Gasteiger partial charge < -0.3 is 48.8 Å². The minimum Gasteiger partial charge on any atom is -0.461 e. The van der Waals surface area contributed by atoms with Crippen molar-refractivity contribution < 1.29 is 59.7 Å². The van der Waals surface area contributed by atoms with E-state index in [0.717, 1.165) is 59.7 Å². The highest BCUT2D eigenvalue weighted by Crippen LogP contribution is 2.35. The van der Waals surface area contributed by atoms with E-state index in [-0.39, 0.29) is 72.1 Å². The first kappa shape index (κ1) is 58.7. The molecule has 75 heavy (non-hydrogen) atoms. The van der Waals surface area contributed by atoms with Crippen LogP contribution >= 0.6 is 0 Å². The number of hydrogen-bond donors (Lipinski definition) is 2. The van der Waals surface area contributed by atoms with Crippen molar-refractivity contribution in [3.05, 3.63) is 121 Å². The molecular weight excluding hydrogens is 1010 g/mol. The third-order valence-corrected chi connectivity index (χ3v) is 13.1. The maximum absolute atomic E-state index is 13.5. The summed E-state index contributed by atoms with van der Waals surface area (Å²) in [6, 6.07) is 18.8. The quantitative estimate of drug-likeness (QED) is 0.0409. The van der Waals surface area contributed by atoms with Gasteiger partial charge in [0.1, 0.15) is 48.5 Å². The third-order valence-electron chi connectivity index (χ3n) is 11.3. The highest BCUT2D eigenvalue weighted by atomic mass is 28.3. The summed E-state index contributed by atoms with van der Waals surface area (Å²) in [6.07, 6.45) is -4.31. The maximum Gasteiger partial charge on any atom is 0.406 e. The molecule has 404 valence electrons. The van der Waals surface area contributed by atoms with E-state index in [2.05, 4.69) is 66.7 Å². The summed E-state index contributed by atoms with van der Waals surface area (Å²) in [6.45, 7) is 9.92. The average Bonchev–Trinajstić information content (AvgIpc) is 4.15. The van der Waals surface area contributed by atoms with Crippen LogP contribution in [0.25, 0.3) is 45.6 Å². The van der Waals surface area contributed by atoms with Gasteiger partial charge in [0.2, 0.25) is 0 Å². The van der Waals surface area contributed by atoms with Gasteiger partial charge in [0.15, 0.2) is 17.3 Å². The smallest absolute Gasteiger partial charge is 0.406 e. The van der Waals surface area contributed by atoms with E-state index in [1.54, 1.807) is 19.1 Å². The maximum atomic E-state index is 13.5. The lowest BCUT2D eigenvalue weighted by molar-refractivity contribution is -0.141. The van der Waals surface area contributed by atoms with Gasteiger partial charge in [-0.2, -0.15) is 26.3 Å². The van der Waals surface area contributed by atoms with Crippen LogP contribution < -0.4 is 10.2 Å². The zero-order valence-corrected chi connectivity index (χ0v) is 42.0. The number of esters is 1. The zero-order valence-electron chi connectivity index (χ0n) is 41.0. The van der Waals surface area contributed by atoms with Crippen LogP contribution in [-0.2, 0) is 29.3 Å². The molecule has 0 aliphatic carbocycles. The molecule has 1 aliphatic rings. The molecule has 5 heterocycles. The van der Waals surface area contributed by atoms with Crippen LogP contribution in [0.4, 0.5) is 46.5 Å². The number of carbonyl (C=O) groups excluding carboxylic acids is 2. The van der Waals surface area contributed by atoms with Crippen molar-refractivity contribution >= 4 is 31.3 Å². The number of H-pyrrole nitrogens is 1. The van der Waals surface area contributed by atoms with Gasteiger partial charge in [0, 0.05) is 69.6 Å². The molecular formula is C50H59F8N11O5Si. The summed E-state index contributed by atoms with van der Waals surface area (Å²) in [5.41, 5.74) is 2.83. The molecule has 0 bridgehead atoms. The number of piperazine rings is 1. The Morgan fingerprint density at radius 2 is 1.28 bits per heavy atom. The first-order valence-electron chi connectivity index (χ1n) is 23.0. The average molecular weight is 1070 g/mol. The van der Waals surface area contributed by atoms with Crippen molar-refractivity contribution in [3.8, 4) is 45.6 Å². The number of likely N-dealkylation sites (N-methyl/N-ethyl adjacent to an activating group) is 1. The molecule has 8 rings (SSSR count). The first-order valence-corrected chi connectivity index (χ1v) is 26.7. The van der Waals surface area contributed by atoms with Crippen LogP contribution in [0, 0.1) is 11.6 Å². The van der Waals surface area contributed by atoms with Crippen LogP contribution in [0.3, 0.4) is 0 Å². The van der Waals surface area contributed by atoms with Crippen molar-refractivity contribution in [1.29, 1.82) is 0 Å². The van der Waals surface area contributed by atoms with Crippen LogP contribution in [0.2, 0.25) is 25.7 Å². The second-order valence-corrected chi connectivity index (χ2v) is 23.9. The highest BCUT2D eigenvalue weighted by Gasteiger charge is 2.33. The fraction of sp³-hybridized carbons (Fsp3) is 0.360. The molecule has 0 unspecified atom stereocenters. The van der Waals surface area contributed by atoms with Gasteiger partial charge in [0.05, 0.1) is 36.8 Å². The predicted molar refractivity (Wildman–Crippen MR) is 271 cm³/mol. The number of amides is 1. The van der Waals surface area contributed by atoms with Crippen molar-refractivity contribution in [1.82, 2.24) is 43.5 Å². The Balaban J connectivity index is 0.000000271. The molecule has 0 atom stereocenters. The topological polar surface area (TPSA) is 185 Å². The molecule has 0 saturated carbocycles. The van der Waals surface area contributed by atoms with Gasteiger partial charge in [0.25, 0.3) is 5.91 Å². The molecule has 1 fully saturated rings. The molecule has 0 radical (unpaired) electrons. The largest absolute Gasteiger partial charge is 0.461 e. The number of rotatable bonds is 16. The van der Waals surface area contributed by atoms with E-state index < -0.39 is 57.0 Å². The second kappa shape index (κ2) is 24.9. The monoisotopic (exact) mass is 1070 g/mol. The SMILES string of the molecule is C.CCOC(=O)c1cn(COCC[Si](C)(C)C)c(-c2c(-c3ccc(F)cc3)ncn2CC(F)(F)F)n1.CN1CCN(c2ccc(NC(=O)c3cnc(-c4c(-c5ccc(F)cc5)ncn4CC(F)(F)F)[nH]3)cc2)CC1.O. The number of nitrogens with one attached hydrogen (secondary N) is 2.